The zero-order chi connectivity index (χ0) is 22.1. The molecule has 0 fully saturated rings. The van der Waals surface area contributed by atoms with E-state index in [1.807, 2.05) is 0 Å². The van der Waals surface area contributed by atoms with Crippen LogP contribution in [0.3, 0.4) is 0 Å². The minimum absolute atomic E-state index is 0.224. The van der Waals surface area contributed by atoms with Gasteiger partial charge in [0.15, 0.2) is 0 Å². The van der Waals surface area contributed by atoms with Gasteiger partial charge >= 0.3 is 17.8 Å². The third-order valence-electron chi connectivity index (χ3n) is 4.44. The van der Waals surface area contributed by atoms with E-state index in [-0.39, 0.29) is 9.75 Å². The summed E-state index contributed by atoms with van der Waals surface area (Å²) in [5.74, 6) is -20.2. The number of carbonyl (C=O) groups is 2. The topological polar surface area (TPSA) is 80.3 Å². The molecule has 2 heterocycles. The number of rotatable bonds is 4. The Hall–Kier alpha value is -2.34. The van der Waals surface area contributed by atoms with Gasteiger partial charge in [-0.05, 0) is 37.1 Å². The maximum absolute atomic E-state index is 14.6. The molecule has 2 aromatic rings. The van der Waals surface area contributed by atoms with Crippen LogP contribution in [0.4, 0.5) is 26.3 Å². The normalized spacial score (nSPS) is 19.6. The third kappa shape index (κ3) is 2.80. The molecule has 12 heteroatoms. The third-order valence-corrected chi connectivity index (χ3v) is 6.50. The van der Waals surface area contributed by atoms with E-state index in [0.717, 1.165) is 13.8 Å². The second-order valence-corrected chi connectivity index (χ2v) is 8.72. The SMILES string of the molecule is Cc1sc(C(=O)[O-])cc1C1=C(c2cc(C(=O)[O-])sc2C)C(F)(F)C(F)(F)C1(F)F. The lowest BCUT2D eigenvalue weighted by molar-refractivity contribution is -0.255. The second kappa shape index (κ2) is 6.33. The number of aromatic carboxylic acids is 2. The smallest absolute Gasteiger partial charge is 0.380 e. The van der Waals surface area contributed by atoms with E-state index in [9.17, 15) is 46.1 Å². The van der Waals surface area contributed by atoms with E-state index in [4.69, 9.17) is 0 Å². The lowest BCUT2D eigenvalue weighted by Crippen LogP contribution is -2.48. The Balaban J connectivity index is 2.45. The van der Waals surface area contributed by atoms with Crippen molar-refractivity contribution in [3.63, 3.8) is 0 Å². The van der Waals surface area contributed by atoms with Gasteiger partial charge in [0.05, 0.1) is 21.7 Å². The first kappa shape index (κ1) is 21.4. The van der Waals surface area contributed by atoms with Gasteiger partial charge in [0, 0.05) is 20.9 Å². The van der Waals surface area contributed by atoms with E-state index in [1.165, 1.54) is 0 Å². The van der Waals surface area contributed by atoms with Crippen LogP contribution in [-0.2, 0) is 0 Å². The van der Waals surface area contributed by atoms with Gasteiger partial charge in [-0.3, -0.25) is 0 Å². The van der Waals surface area contributed by atoms with Crippen LogP contribution in [0.2, 0.25) is 0 Å². The molecular weight excluding hydrogens is 446 g/mol. The molecule has 0 spiro atoms. The highest BCUT2D eigenvalue weighted by molar-refractivity contribution is 7.14. The molecule has 29 heavy (non-hydrogen) atoms. The fourth-order valence-electron chi connectivity index (χ4n) is 3.09. The Morgan fingerprint density at radius 2 is 1.07 bits per heavy atom. The fourth-order valence-corrected chi connectivity index (χ4v) is 4.82. The molecular formula is C17H8F6O4S2-2. The van der Waals surface area contributed by atoms with Crippen LogP contribution in [0.5, 0.6) is 0 Å². The van der Waals surface area contributed by atoms with Crippen molar-refractivity contribution < 1.29 is 46.1 Å². The van der Waals surface area contributed by atoms with E-state index >= 15 is 0 Å². The Bertz CT molecular complexity index is 998. The number of allylic oxidation sites excluding steroid dienone is 2. The fraction of sp³-hybridized carbons (Fsp3) is 0.294. The van der Waals surface area contributed by atoms with Gasteiger partial charge in [0.2, 0.25) is 0 Å². The largest absolute Gasteiger partial charge is 0.544 e. The molecule has 156 valence electrons. The Morgan fingerprint density at radius 1 is 0.759 bits per heavy atom. The molecule has 0 aliphatic heterocycles. The van der Waals surface area contributed by atoms with Crippen LogP contribution in [0.25, 0.3) is 11.1 Å². The average Bonchev–Trinajstić information content (AvgIpc) is 3.17. The van der Waals surface area contributed by atoms with E-state index in [0.29, 0.717) is 34.8 Å². The number of thiophene rings is 2. The lowest BCUT2D eigenvalue weighted by atomic mass is 9.95. The summed E-state index contributed by atoms with van der Waals surface area (Å²) in [7, 11) is 0. The van der Waals surface area contributed by atoms with E-state index < -0.39 is 61.7 Å². The predicted molar refractivity (Wildman–Crippen MR) is 88.4 cm³/mol. The van der Waals surface area contributed by atoms with Crippen molar-refractivity contribution in [1.82, 2.24) is 0 Å². The summed E-state index contributed by atoms with van der Waals surface area (Å²) in [5.41, 5.74) is -5.10. The van der Waals surface area contributed by atoms with Gasteiger partial charge in [-0.25, -0.2) is 0 Å². The molecule has 0 amide bonds. The maximum Gasteiger partial charge on any atom is 0.380 e. The zero-order valence-electron chi connectivity index (χ0n) is 14.4. The Kier molecular flexibility index (Phi) is 4.66. The maximum atomic E-state index is 14.6. The van der Waals surface area contributed by atoms with Crippen molar-refractivity contribution in [3.05, 3.63) is 42.8 Å². The van der Waals surface area contributed by atoms with Crippen molar-refractivity contribution in [2.45, 2.75) is 31.6 Å². The Labute approximate surface area is 166 Å². The summed E-state index contributed by atoms with van der Waals surface area (Å²) < 4.78 is 86.8. The standard InChI is InChI=1S/C17H10F6O4S2/c1-5-7(3-9(28-5)13(24)25)11-12(8-4-10(14(26)27)29-6(8)2)16(20,21)17(22,23)15(11,18)19/h3-4H,1-2H3,(H,24,25)(H,26,27)/p-2. The monoisotopic (exact) mass is 454 g/mol. The highest BCUT2D eigenvalue weighted by Gasteiger charge is 2.80. The number of hydrogen-bond acceptors (Lipinski definition) is 6. The molecule has 0 unspecified atom stereocenters. The lowest BCUT2D eigenvalue weighted by Gasteiger charge is -2.25. The van der Waals surface area contributed by atoms with E-state index in [1.54, 1.807) is 0 Å². The molecule has 0 saturated carbocycles. The van der Waals surface area contributed by atoms with Crippen molar-refractivity contribution in [2.24, 2.45) is 0 Å². The first-order chi connectivity index (χ1) is 13.1. The average molecular weight is 454 g/mol. The van der Waals surface area contributed by atoms with Crippen LogP contribution in [0.1, 0.15) is 40.2 Å². The van der Waals surface area contributed by atoms with Crippen LogP contribution in [-0.4, -0.2) is 29.7 Å². The van der Waals surface area contributed by atoms with Crippen LogP contribution in [0.15, 0.2) is 12.1 Å². The summed E-state index contributed by atoms with van der Waals surface area (Å²) in [5, 5.41) is 22.0. The molecule has 0 N–H and O–H groups in total. The minimum Gasteiger partial charge on any atom is -0.544 e. The molecule has 0 aromatic carbocycles. The number of halogens is 6. The van der Waals surface area contributed by atoms with Gasteiger partial charge in [-0.2, -0.15) is 26.3 Å². The van der Waals surface area contributed by atoms with Crippen molar-refractivity contribution in [3.8, 4) is 0 Å². The minimum atomic E-state index is -5.84. The molecule has 4 nitrogen and oxygen atoms in total. The number of carbonyl (C=O) groups excluding carboxylic acids is 2. The summed E-state index contributed by atoms with van der Waals surface area (Å²) in [6, 6.07) is 1.13. The van der Waals surface area contributed by atoms with Gasteiger partial charge in [0.1, 0.15) is 0 Å². The van der Waals surface area contributed by atoms with Crippen LogP contribution < -0.4 is 10.2 Å². The summed E-state index contributed by atoms with van der Waals surface area (Å²) in [4.78, 5) is 20.3. The molecule has 0 bridgehead atoms. The highest BCUT2D eigenvalue weighted by Crippen LogP contribution is 2.65. The molecule has 2 aromatic heterocycles. The van der Waals surface area contributed by atoms with Crippen molar-refractivity contribution in [1.29, 1.82) is 0 Å². The van der Waals surface area contributed by atoms with Gasteiger partial charge in [-0.1, -0.05) is 0 Å². The van der Waals surface area contributed by atoms with Gasteiger partial charge < -0.3 is 19.8 Å². The number of hydrogen-bond donors (Lipinski definition) is 0. The summed E-state index contributed by atoms with van der Waals surface area (Å²) >= 11 is 0.802. The van der Waals surface area contributed by atoms with Gasteiger partial charge in [0.25, 0.3) is 0 Å². The number of carboxylic acids is 2. The number of alkyl halides is 6. The molecule has 0 saturated heterocycles. The predicted octanol–water partition coefficient (Wildman–Crippen LogP) is 2.98. The molecule has 1 aliphatic rings. The van der Waals surface area contributed by atoms with E-state index in [2.05, 4.69) is 0 Å². The molecule has 0 atom stereocenters. The molecule has 1 aliphatic carbocycles. The van der Waals surface area contributed by atoms with Crippen LogP contribution in [0, 0.1) is 13.8 Å². The molecule has 3 rings (SSSR count). The first-order valence-electron chi connectivity index (χ1n) is 7.67. The number of carboxylic acid groups (broad SMARTS) is 2. The summed E-state index contributed by atoms with van der Waals surface area (Å²) in [6.07, 6.45) is 0. The quantitative estimate of drug-likeness (QED) is 0.666. The Morgan fingerprint density at radius 3 is 1.31 bits per heavy atom. The first-order valence-corrected chi connectivity index (χ1v) is 9.30. The van der Waals surface area contributed by atoms with Gasteiger partial charge in [-0.15, -0.1) is 22.7 Å². The van der Waals surface area contributed by atoms with Crippen molar-refractivity contribution >= 4 is 45.8 Å². The van der Waals surface area contributed by atoms with Crippen LogP contribution >= 0.6 is 22.7 Å². The highest BCUT2D eigenvalue weighted by atomic mass is 32.1. The second-order valence-electron chi connectivity index (χ2n) is 6.21. The number of aryl methyl sites for hydroxylation is 2. The van der Waals surface area contributed by atoms with Crippen molar-refractivity contribution in [2.75, 3.05) is 0 Å². The molecule has 0 radical (unpaired) electrons. The summed E-state index contributed by atoms with van der Waals surface area (Å²) in [6.45, 7) is 2.21. The zero-order valence-corrected chi connectivity index (χ0v) is 16.0.